The molecule has 1 aromatic carbocycles. The molecule has 3 aromatic rings. The minimum absolute atomic E-state index is 0.0749. The Labute approximate surface area is 176 Å². The van der Waals surface area contributed by atoms with E-state index in [9.17, 15) is 14.4 Å². The molecule has 0 spiro atoms. The van der Waals surface area contributed by atoms with Crippen molar-refractivity contribution < 1.29 is 14.4 Å². The molecule has 0 atom stereocenters. The second kappa shape index (κ2) is 9.44. The highest BCUT2D eigenvalue weighted by molar-refractivity contribution is 7.18. The van der Waals surface area contributed by atoms with Gasteiger partial charge >= 0.3 is 0 Å². The molecule has 7 nitrogen and oxygen atoms in total. The third-order valence-electron chi connectivity index (χ3n) is 3.90. The van der Waals surface area contributed by atoms with Crippen molar-refractivity contribution in [3.8, 4) is 10.6 Å². The molecule has 29 heavy (non-hydrogen) atoms. The number of hydrogen-bond acceptors (Lipinski definition) is 6. The number of thiazole rings is 1. The number of aryl methyl sites for hydroxylation is 1. The molecule has 0 saturated carbocycles. The lowest BCUT2D eigenvalue weighted by atomic mass is 10.2. The van der Waals surface area contributed by atoms with Gasteiger partial charge in [0.25, 0.3) is 5.91 Å². The largest absolute Gasteiger partial charge is 0.351 e. The average molecular weight is 429 g/mol. The van der Waals surface area contributed by atoms with Crippen LogP contribution in [0.15, 0.2) is 42.5 Å². The van der Waals surface area contributed by atoms with Gasteiger partial charge in [-0.1, -0.05) is 18.2 Å². The lowest BCUT2D eigenvalue weighted by Crippen LogP contribution is -2.32. The Kier molecular flexibility index (Phi) is 6.73. The van der Waals surface area contributed by atoms with E-state index in [1.165, 1.54) is 18.3 Å². The van der Waals surface area contributed by atoms with E-state index in [1.54, 1.807) is 35.6 Å². The van der Waals surface area contributed by atoms with E-state index in [2.05, 4.69) is 20.9 Å². The van der Waals surface area contributed by atoms with Crippen molar-refractivity contribution >= 4 is 45.5 Å². The minimum atomic E-state index is -0.341. The summed E-state index contributed by atoms with van der Waals surface area (Å²) in [5.41, 5.74) is 1.30. The maximum absolute atomic E-state index is 12.2. The Balaban J connectivity index is 1.58. The molecular formula is C20H20N4O3S2. The maximum atomic E-state index is 12.2. The highest BCUT2D eigenvalue weighted by Gasteiger charge is 2.15. The van der Waals surface area contributed by atoms with Gasteiger partial charge in [-0.2, -0.15) is 0 Å². The average Bonchev–Trinajstić information content (AvgIpc) is 3.31. The number of nitrogens with zero attached hydrogens (tertiary/aromatic N) is 1. The predicted octanol–water partition coefficient (Wildman–Crippen LogP) is 3.18. The van der Waals surface area contributed by atoms with Crippen LogP contribution in [0.3, 0.4) is 0 Å². The quantitative estimate of drug-likeness (QED) is 0.538. The Hall–Kier alpha value is -3.04. The van der Waals surface area contributed by atoms with Crippen LogP contribution < -0.4 is 16.0 Å². The van der Waals surface area contributed by atoms with Gasteiger partial charge in [0.1, 0.15) is 0 Å². The van der Waals surface area contributed by atoms with Gasteiger partial charge in [-0.25, -0.2) is 4.98 Å². The zero-order chi connectivity index (χ0) is 20.8. The number of carbonyl (C=O) groups excluding carboxylic acids is 3. The van der Waals surface area contributed by atoms with Gasteiger partial charge in [-0.05, 0) is 31.2 Å². The number of amides is 3. The summed E-state index contributed by atoms with van der Waals surface area (Å²) >= 11 is 2.92. The predicted molar refractivity (Wildman–Crippen MR) is 115 cm³/mol. The molecule has 3 amide bonds. The lowest BCUT2D eigenvalue weighted by Gasteiger charge is -2.04. The van der Waals surface area contributed by atoms with Crippen molar-refractivity contribution in [1.29, 1.82) is 0 Å². The minimum Gasteiger partial charge on any atom is -0.351 e. The Morgan fingerprint density at radius 2 is 1.76 bits per heavy atom. The summed E-state index contributed by atoms with van der Waals surface area (Å²) in [6.45, 7) is 3.76. The van der Waals surface area contributed by atoms with Crippen molar-refractivity contribution in [2.24, 2.45) is 0 Å². The molecule has 2 heterocycles. The molecule has 0 aliphatic heterocycles. The highest BCUT2D eigenvalue weighted by Crippen LogP contribution is 2.34. The summed E-state index contributed by atoms with van der Waals surface area (Å²) in [7, 11) is 0. The van der Waals surface area contributed by atoms with Crippen molar-refractivity contribution in [2.45, 2.75) is 20.4 Å². The van der Waals surface area contributed by atoms with Gasteiger partial charge in [0, 0.05) is 22.2 Å². The van der Waals surface area contributed by atoms with E-state index in [-0.39, 0.29) is 24.3 Å². The first-order valence-corrected chi connectivity index (χ1v) is 10.5. The van der Waals surface area contributed by atoms with Gasteiger partial charge in [0.05, 0.1) is 23.7 Å². The fraction of sp³-hybridized carbons (Fsp3) is 0.200. The zero-order valence-electron chi connectivity index (χ0n) is 15.9. The van der Waals surface area contributed by atoms with Crippen LogP contribution in [0.25, 0.3) is 10.6 Å². The number of aromatic nitrogens is 1. The van der Waals surface area contributed by atoms with Crippen molar-refractivity contribution in [1.82, 2.24) is 15.6 Å². The number of nitrogens with one attached hydrogen (secondary N) is 3. The van der Waals surface area contributed by atoms with Crippen LogP contribution in [0.2, 0.25) is 0 Å². The first-order valence-electron chi connectivity index (χ1n) is 8.86. The topological polar surface area (TPSA) is 100 Å². The number of benzene rings is 1. The standard InChI is InChI=1S/C20H20N4O3S2/c1-12-18(16-9-8-15(29-16)10-21-13(2)25)24-20(28-12)23-17(26)11-22-19(27)14-6-4-3-5-7-14/h3-9H,10-11H2,1-2H3,(H,21,25)(H,22,27)(H,23,24,26). The monoisotopic (exact) mass is 428 g/mol. The second-order valence-corrected chi connectivity index (χ2v) is 8.57. The summed E-state index contributed by atoms with van der Waals surface area (Å²) in [6, 6.07) is 12.6. The number of rotatable bonds is 7. The van der Waals surface area contributed by atoms with Crippen molar-refractivity contribution in [3.63, 3.8) is 0 Å². The number of hydrogen-bond donors (Lipinski definition) is 3. The first kappa shape index (κ1) is 20.7. The Morgan fingerprint density at radius 1 is 1.00 bits per heavy atom. The number of thiophene rings is 1. The van der Waals surface area contributed by atoms with Crippen LogP contribution >= 0.6 is 22.7 Å². The molecular weight excluding hydrogens is 408 g/mol. The van der Waals surface area contributed by atoms with Gasteiger partial charge in [-0.3, -0.25) is 14.4 Å². The fourth-order valence-corrected chi connectivity index (χ4v) is 4.41. The van der Waals surface area contributed by atoms with Gasteiger partial charge < -0.3 is 16.0 Å². The van der Waals surface area contributed by atoms with E-state index in [1.807, 2.05) is 25.1 Å². The van der Waals surface area contributed by atoms with Crippen molar-refractivity contribution in [3.05, 3.63) is 57.8 Å². The SMILES string of the molecule is CC(=O)NCc1ccc(-c2nc(NC(=O)CNC(=O)c3ccccc3)sc2C)s1. The van der Waals surface area contributed by atoms with E-state index >= 15 is 0 Å². The van der Waals surface area contributed by atoms with Crippen LogP contribution in [0.5, 0.6) is 0 Å². The zero-order valence-corrected chi connectivity index (χ0v) is 17.6. The maximum Gasteiger partial charge on any atom is 0.251 e. The number of anilines is 1. The van der Waals surface area contributed by atoms with Crippen LogP contribution in [0, 0.1) is 6.92 Å². The smallest absolute Gasteiger partial charge is 0.251 e. The summed E-state index contributed by atoms with van der Waals surface area (Å²) < 4.78 is 0. The fourth-order valence-electron chi connectivity index (χ4n) is 2.51. The Bertz CT molecular complexity index is 1030. The molecule has 0 fully saturated rings. The Morgan fingerprint density at radius 3 is 2.48 bits per heavy atom. The lowest BCUT2D eigenvalue weighted by molar-refractivity contribution is -0.119. The third-order valence-corrected chi connectivity index (χ3v) is 5.87. The van der Waals surface area contributed by atoms with Crippen LogP contribution in [-0.2, 0) is 16.1 Å². The summed E-state index contributed by atoms with van der Waals surface area (Å²) in [6.07, 6.45) is 0. The molecule has 0 aliphatic carbocycles. The summed E-state index contributed by atoms with van der Waals surface area (Å²) in [5.74, 6) is -0.719. The van der Waals surface area contributed by atoms with Gasteiger partial charge in [0.15, 0.2) is 5.13 Å². The second-order valence-electron chi connectivity index (χ2n) is 6.20. The first-order chi connectivity index (χ1) is 13.9. The molecule has 3 N–H and O–H groups in total. The highest BCUT2D eigenvalue weighted by atomic mass is 32.1. The molecule has 0 unspecified atom stereocenters. The molecule has 0 bridgehead atoms. The van der Waals surface area contributed by atoms with Crippen LogP contribution in [-0.4, -0.2) is 29.3 Å². The molecule has 0 saturated heterocycles. The number of carbonyl (C=O) groups is 3. The molecule has 9 heteroatoms. The van der Waals surface area contributed by atoms with Crippen molar-refractivity contribution in [2.75, 3.05) is 11.9 Å². The van der Waals surface area contributed by atoms with E-state index < -0.39 is 0 Å². The third kappa shape index (κ3) is 5.72. The van der Waals surface area contributed by atoms with Gasteiger partial charge in [-0.15, -0.1) is 22.7 Å². The molecule has 0 radical (unpaired) electrons. The molecule has 2 aromatic heterocycles. The normalized spacial score (nSPS) is 10.4. The summed E-state index contributed by atoms with van der Waals surface area (Å²) in [4.78, 5) is 42.7. The van der Waals surface area contributed by atoms with Crippen LogP contribution in [0.4, 0.5) is 5.13 Å². The van der Waals surface area contributed by atoms with E-state index in [0.717, 1.165) is 20.3 Å². The van der Waals surface area contributed by atoms with E-state index in [4.69, 9.17) is 0 Å². The van der Waals surface area contributed by atoms with Gasteiger partial charge in [0.2, 0.25) is 11.8 Å². The molecule has 3 rings (SSSR count). The van der Waals surface area contributed by atoms with E-state index in [0.29, 0.717) is 17.2 Å². The van der Waals surface area contributed by atoms with Crippen LogP contribution in [0.1, 0.15) is 27.0 Å². The molecule has 150 valence electrons. The summed E-state index contributed by atoms with van der Waals surface area (Å²) in [5, 5.41) is 8.57. The molecule has 0 aliphatic rings.